The molecule has 5 heteroatoms. The fraction of sp³-hybridized carbons (Fsp3) is 0.300. The lowest BCUT2D eigenvalue weighted by molar-refractivity contribution is 0.0791. The number of rotatable bonds is 5. The minimum absolute atomic E-state index is 0.226. The molecule has 0 aromatic heterocycles. The van der Waals surface area contributed by atoms with Crippen LogP contribution < -0.4 is 0 Å². The lowest BCUT2D eigenvalue weighted by atomic mass is 10.2. The molecule has 0 spiro atoms. The van der Waals surface area contributed by atoms with E-state index in [4.69, 9.17) is 13.3 Å². The van der Waals surface area contributed by atoms with E-state index in [2.05, 4.69) is 0 Å². The van der Waals surface area contributed by atoms with Gasteiger partial charge in [0.05, 0.1) is 0 Å². The largest absolute Gasteiger partial charge is 0.579 e. The van der Waals surface area contributed by atoms with Crippen LogP contribution in [0.3, 0.4) is 0 Å². The fourth-order valence-electron chi connectivity index (χ4n) is 1.29. The zero-order chi connectivity index (χ0) is 11.3. The van der Waals surface area contributed by atoms with Crippen molar-refractivity contribution >= 4 is 14.2 Å². The van der Waals surface area contributed by atoms with E-state index >= 15 is 0 Å². The van der Waals surface area contributed by atoms with Crippen molar-refractivity contribution in [3.8, 4) is 0 Å². The average molecular weight is 226 g/mol. The number of carbonyl (C=O) groups is 1. The molecule has 0 fully saturated rings. The molecule has 0 aliphatic rings. The molecule has 0 atom stereocenters. The molecule has 0 saturated carbocycles. The third-order valence-corrected chi connectivity index (χ3v) is 4.58. The lowest BCUT2D eigenvalue weighted by Crippen LogP contribution is -2.51. The summed E-state index contributed by atoms with van der Waals surface area (Å²) < 4.78 is 15.3. The van der Waals surface area contributed by atoms with E-state index in [1.165, 1.54) is 21.3 Å². The van der Waals surface area contributed by atoms with Gasteiger partial charge in [0.25, 0.3) is 0 Å². The molecule has 82 valence electrons. The highest BCUT2D eigenvalue weighted by Crippen LogP contribution is 2.14. The lowest BCUT2D eigenvalue weighted by Gasteiger charge is -2.22. The Balaban J connectivity index is 3.01. The minimum Gasteiger partial charge on any atom is -0.372 e. The van der Waals surface area contributed by atoms with Gasteiger partial charge in [0.1, 0.15) is 0 Å². The quantitative estimate of drug-likeness (QED) is 0.710. The molecule has 1 aromatic rings. The second kappa shape index (κ2) is 5.18. The SMILES string of the molecule is CO[Si](OC)(OC)C(=O)c1ccccc1. The first-order valence-electron chi connectivity index (χ1n) is 4.45. The maximum absolute atomic E-state index is 12.0. The van der Waals surface area contributed by atoms with Crippen LogP contribution in [0.15, 0.2) is 30.3 Å². The molecule has 1 aromatic carbocycles. The zero-order valence-electron chi connectivity index (χ0n) is 9.02. The topological polar surface area (TPSA) is 44.8 Å². The van der Waals surface area contributed by atoms with Crippen molar-refractivity contribution in [2.45, 2.75) is 0 Å². The van der Waals surface area contributed by atoms with Crippen LogP contribution in [0.5, 0.6) is 0 Å². The van der Waals surface area contributed by atoms with Crippen LogP contribution in [0, 0.1) is 0 Å². The number of carbonyl (C=O) groups excluding carboxylic acids is 1. The first kappa shape index (κ1) is 12.1. The summed E-state index contributed by atoms with van der Waals surface area (Å²) >= 11 is 0. The van der Waals surface area contributed by atoms with Crippen LogP contribution in [0.1, 0.15) is 10.4 Å². The van der Waals surface area contributed by atoms with Crippen molar-refractivity contribution in [3.63, 3.8) is 0 Å². The minimum atomic E-state index is -3.20. The van der Waals surface area contributed by atoms with Crippen molar-refractivity contribution in [1.82, 2.24) is 0 Å². The Morgan fingerprint density at radius 2 is 1.47 bits per heavy atom. The highest BCUT2D eigenvalue weighted by Gasteiger charge is 2.48. The van der Waals surface area contributed by atoms with E-state index in [0.29, 0.717) is 5.56 Å². The van der Waals surface area contributed by atoms with E-state index in [1.807, 2.05) is 6.07 Å². The number of hydrogen-bond donors (Lipinski definition) is 0. The van der Waals surface area contributed by atoms with Gasteiger partial charge >= 0.3 is 8.80 Å². The van der Waals surface area contributed by atoms with E-state index in [-0.39, 0.29) is 5.41 Å². The summed E-state index contributed by atoms with van der Waals surface area (Å²) in [4.78, 5) is 12.0. The molecule has 0 N–H and O–H groups in total. The molecule has 0 radical (unpaired) electrons. The van der Waals surface area contributed by atoms with Gasteiger partial charge in [-0.25, -0.2) is 0 Å². The van der Waals surface area contributed by atoms with Crippen molar-refractivity contribution in [1.29, 1.82) is 0 Å². The van der Waals surface area contributed by atoms with Crippen molar-refractivity contribution in [3.05, 3.63) is 35.9 Å². The van der Waals surface area contributed by atoms with Crippen LogP contribution in [0.2, 0.25) is 0 Å². The van der Waals surface area contributed by atoms with Gasteiger partial charge in [-0.3, -0.25) is 4.79 Å². The van der Waals surface area contributed by atoms with Gasteiger partial charge in [0.2, 0.25) is 5.41 Å². The van der Waals surface area contributed by atoms with Gasteiger partial charge in [-0.15, -0.1) is 0 Å². The molecule has 1 rings (SSSR count). The van der Waals surface area contributed by atoms with Gasteiger partial charge < -0.3 is 13.3 Å². The second-order valence-corrected chi connectivity index (χ2v) is 5.65. The van der Waals surface area contributed by atoms with E-state index in [1.54, 1.807) is 24.3 Å². The van der Waals surface area contributed by atoms with Gasteiger partial charge in [-0.1, -0.05) is 30.3 Å². The fourth-order valence-corrected chi connectivity index (χ4v) is 2.87. The highest BCUT2D eigenvalue weighted by atomic mass is 28.4. The summed E-state index contributed by atoms with van der Waals surface area (Å²) in [5.74, 6) is 0. The Labute approximate surface area is 90.1 Å². The normalized spacial score (nSPS) is 11.4. The highest BCUT2D eigenvalue weighted by molar-refractivity contribution is 6.94. The molecule has 0 aliphatic heterocycles. The summed E-state index contributed by atoms with van der Waals surface area (Å²) in [6.45, 7) is 0. The third-order valence-electron chi connectivity index (χ3n) is 2.12. The molecule has 4 nitrogen and oxygen atoms in total. The summed E-state index contributed by atoms with van der Waals surface area (Å²) in [5, 5.41) is -0.226. The summed E-state index contributed by atoms with van der Waals surface area (Å²) in [7, 11) is 1.05. The maximum Gasteiger partial charge on any atom is 0.579 e. The first-order chi connectivity index (χ1) is 7.20. The van der Waals surface area contributed by atoms with Crippen LogP contribution in [0.4, 0.5) is 0 Å². The molecule has 0 heterocycles. The molecule has 0 saturated heterocycles. The monoisotopic (exact) mass is 226 g/mol. The van der Waals surface area contributed by atoms with Crippen molar-refractivity contribution in [2.24, 2.45) is 0 Å². The Morgan fingerprint density at radius 1 is 1.00 bits per heavy atom. The average Bonchev–Trinajstić information content (AvgIpc) is 2.33. The summed E-state index contributed by atoms with van der Waals surface area (Å²) in [5.41, 5.74) is 0.537. The van der Waals surface area contributed by atoms with Crippen LogP contribution >= 0.6 is 0 Å². The smallest absolute Gasteiger partial charge is 0.372 e. The van der Waals surface area contributed by atoms with Gasteiger partial charge in [-0.05, 0) is 0 Å². The van der Waals surface area contributed by atoms with Gasteiger partial charge in [0.15, 0.2) is 0 Å². The number of hydrogen-bond acceptors (Lipinski definition) is 4. The van der Waals surface area contributed by atoms with E-state index in [0.717, 1.165) is 0 Å². The van der Waals surface area contributed by atoms with Gasteiger partial charge in [0, 0.05) is 26.9 Å². The zero-order valence-corrected chi connectivity index (χ0v) is 10.0. The van der Waals surface area contributed by atoms with Crippen LogP contribution in [-0.4, -0.2) is 35.5 Å². The standard InChI is InChI=1S/C10H14O4Si/c1-12-15(13-2,14-3)10(11)9-7-5-4-6-8-9/h4-8H,1-3H3. The molecule has 0 unspecified atom stereocenters. The molecule has 0 aliphatic carbocycles. The Bertz CT molecular complexity index is 313. The predicted octanol–water partition coefficient (Wildman–Crippen LogP) is 1.29. The Hall–Kier alpha value is -1.01. The summed E-state index contributed by atoms with van der Waals surface area (Å²) in [6.07, 6.45) is 0. The maximum atomic E-state index is 12.0. The van der Waals surface area contributed by atoms with Crippen LogP contribution in [0.25, 0.3) is 0 Å². The van der Waals surface area contributed by atoms with E-state index < -0.39 is 8.80 Å². The van der Waals surface area contributed by atoms with Crippen LogP contribution in [-0.2, 0) is 13.3 Å². The third kappa shape index (κ3) is 2.32. The van der Waals surface area contributed by atoms with Crippen molar-refractivity contribution < 1.29 is 18.1 Å². The van der Waals surface area contributed by atoms with E-state index in [9.17, 15) is 4.79 Å². The van der Waals surface area contributed by atoms with Gasteiger partial charge in [-0.2, -0.15) is 0 Å². The molecule has 0 bridgehead atoms. The molecular weight excluding hydrogens is 212 g/mol. The molecule has 15 heavy (non-hydrogen) atoms. The first-order valence-corrected chi connectivity index (χ1v) is 6.18. The van der Waals surface area contributed by atoms with Crippen molar-refractivity contribution in [2.75, 3.05) is 21.3 Å². The molecule has 0 amide bonds. The predicted molar refractivity (Wildman–Crippen MR) is 57.6 cm³/mol. The Kier molecular flexibility index (Phi) is 4.16. The second-order valence-electron chi connectivity index (χ2n) is 2.86. The summed E-state index contributed by atoms with van der Waals surface area (Å²) in [6, 6.07) is 8.83. The number of benzene rings is 1. The Morgan fingerprint density at radius 3 is 1.87 bits per heavy atom. The molecular formula is C10H14O4Si.